The van der Waals surface area contributed by atoms with Gasteiger partial charge in [-0.15, -0.1) is 0 Å². The quantitative estimate of drug-likeness (QED) is 0.416. The summed E-state index contributed by atoms with van der Waals surface area (Å²) in [6.07, 6.45) is -2.87. The number of benzene rings is 3. The number of carbonyl (C=O) groups excluding carboxylic acids is 1. The van der Waals surface area contributed by atoms with Crippen molar-refractivity contribution in [2.75, 3.05) is 31.1 Å². The lowest BCUT2D eigenvalue weighted by Crippen LogP contribution is -2.49. The van der Waals surface area contributed by atoms with Crippen LogP contribution in [-0.2, 0) is 6.18 Å². The van der Waals surface area contributed by atoms with Crippen molar-refractivity contribution < 1.29 is 18.0 Å². The number of hydrogen-bond donors (Lipinski definition) is 0. The van der Waals surface area contributed by atoms with Crippen LogP contribution in [0.4, 0.5) is 19.1 Å². The molecule has 3 aromatic carbocycles. The van der Waals surface area contributed by atoms with Crippen LogP contribution >= 0.6 is 0 Å². The summed E-state index contributed by atoms with van der Waals surface area (Å²) in [5, 5.41) is 1.95. The van der Waals surface area contributed by atoms with Gasteiger partial charge in [-0.2, -0.15) is 13.2 Å². The van der Waals surface area contributed by atoms with Gasteiger partial charge in [0, 0.05) is 43.5 Å². The average molecular weight is 462 g/mol. The standard InChI is InChI=1S/C26H21F3N4O/c27-26(28,29)20-8-3-7-19(17-20)23-11-12-30-25(31-23)33-15-13-32(14-16-33)24(34)22-10-4-6-18-5-1-2-9-21(18)22/h1-12,17H,13-16H2. The van der Waals surface area contributed by atoms with Crippen molar-refractivity contribution in [3.8, 4) is 11.3 Å². The fourth-order valence-electron chi connectivity index (χ4n) is 4.21. The van der Waals surface area contributed by atoms with Gasteiger partial charge in [0.1, 0.15) is 0 Å². The summed E-state index contributed by atoms with van der Waals surface area (Å²) in [6, 6.07) is 20.2. The molecule has 1 aromatic heterocycles. The van der Waals surface area contributed by atoms with Crippen LogP contribution in [0.5, 0.6) is 0 Å². The molecule has 0 bridgehead atoms. The van der Waals surface area contributed by atoms with E-state index in [1.165, 1.54) is 6.07 Å². The summed E-state index contributed by atoms with van der Waals surface area (Å²) in [7, 11) is 0. The van der Waals surface area contributed by atoms with Crippen LogP contribution in [-0.4, -0.2) is 47.0 Å². The van der Waals surface area contributed by atoms with Crippen LogP contribution < -0.4 is 4.90 Å². The maximum absolute atomic E-state index is 13.2. The van der Waals surface area contributed by atoms with Gasteiger partial charge >= 0.3 is 6.18 Å². The number of alkyl halides is 3. The number of amides is 1. The van der Waals surface area contributed by atoms with E-state index in [2.05, 4.69) is 9.97 Å². The van der Waals surface area contributed by atoms with Gasteiger partial charge in [-0.3, -0.25) is 4.79 Å². The third kappa shape index (κ3) is 4.31. The second-order valence-corrected chi connectivity index (χ2v) is 8.13. The summed E-state index contributed by atoms with van der Waals surface area (Å²) in [4.78, 5) is 25.8. The number of aromatic nitrogens is 2. The molecule has 0 aliphatic carbocycles. The van der Waals surface area contributed by atoms with Crippen molar-refractivity contribution in [1.29, 1.82) is 0 Å². The Labute approximate surface area is 194 Å². The van der Waals surface area contributed by atoms with Crippen molar-refractivity contribution in [3.05, 3.63) is 90.1 Å². The molecule has 0 N–H and O–H groups in total. The van der Waals surface area contributed by atoms with Crippen LogP contribution in [0.1, 0.15) is 15.9 Å². The molecule has 5 nitrogen and oxygen atoms in total. The molecule has 0 saturated carbocycles. The Morgan fingerprint density at radius 1 is 0.853 bits per heavy atom. The number of carbonyl (C=O) groups is 1. The number of halogens is 3. The molecule has 1 aliphatic rings. The van der Waals surface area contributed by atoms with Crippen molar-refractivity contribution >= 4 is 22.6 Å². The Hall–Kier alpha value is -3.94. The Morgan fingerprint density at radius 3 is 2.38 bits per heavy atom. The number of hydrogen-bond acceptors (Lipinski definition) is 4. The third-order valence-corrected chi connectivity index (χ3v) is 6.00. The van der Waals surface area contributed by atoms with Gasteiger partial charge < -0.3 is 9.80 Å². The first-order valence-corrected chi connectivity index (χ1v) is 10.9. The van der Waals surface area contributed by atoms with E-state index in [1.54, 1.807) is 18.3 Å². The van der Waals surface area contributed by atoms with Gasteiger partial charge in [-0.25, -0.2) is 9.97 Å². The van der Waals surface area contributed by atoms with E-state index in [-0.39, 0.29) is 5.91 Å². The lowest BCUT2D eigenvalue weighted by atomic mass is 10.0. The van der Waals surface area contributed by atoms with E-state index < -0.39 is 11.7 Å². The topological polar surface area (TPSA) is 49.3 Å². The first-order valence-electron chi connectivity index (χ1n) is 10.9. The van der Waals surface area contributed by atoms with E-state index >= 15 is 0 Å². The Morgan fingerprint density at radius 2 is 1.59 bits per heavy atom. The van der Waals surface area contributed by atoms with Crippen molar-refractivity contribution in [2.24, 2.45) is 0 Å². The maximum atomic E-state index is 13.2. The number of anilines is 1. The predicted octanol–water partition coefficient (Wildman–Crippen LogP) is 5.28. The zero-order chi connectivity index (χ0) is 23.7. The predicted molar refractivity (Wildman–Crippen MR) is 125 cm³/mol. The van der Waals surface area contributed by atoms with E-state index in [4.69, 9.17) is 0 Å². The van der Waals surface area contributed by atoms with Gasteiger partial charge in [-0.05, 0) is 35.0 Å². The molecule has 0 spiro atoms. The highest BCUT2D eigenvalue weighted by atomic mass is 19.4. The highest BCUT2D eigenvalue weighted by molar-refractivity contribution is 6.07. The normalized spacial score (nSPS) is 14.4. The monoisotopic (exact) mass is 462 g/mol. The summed E-state index contributed by atoms with van der Waals surface area (Å²) >= 11 is 0. The molecule has 8 heteroatoms. The van der Waals surface area contributed by atoms with Crippen molar-refractivity contribution in [1.82, 2.24) is 14.9 Å². The smallest absolute Gasteiger partial charge is 0.337 e. The molecule has 0 unspecified atom stereocenters. The third-order valence-electron chi connectivity index (χ3n) is 6.00. The molecule has 1 saturated heterocycles. The first-order chi connectivity index (χ1) is 16.4. The molecule has 34 heavy (non-hydrogen) atoms. The van der Waals surface area contributed by atoms with Crippen LogP contribution in [0, 0.1) is 0 Å². The Kier molecular flexibility index (Phi) is 5.65. The lowest BCUT2D eigenvalue weighted by Gasteiger charge is -2.35. The molecule has 5 rings (SSSR count). The van der Waals surface area contributed by atoms with Crippen LogP contribution in [0.25, 0.3) is 22.0 Å². The minimum Gasteiger partial charge on any atom is -0.337 e. The summed E-state index contributed by atoms with van der Waals surface area (Å²) < 4.78 is 39.3. The van der Waals surface area contributed by atoms with Gasteiger partial charge in [0.25, 0.3) is 5.91 Å². The van der Waals surface area contributed by atoms with E-state index in [9.17, 15) is 18.0 Å². The molecule has 1 fully saturated rings. The van der Waals surface area contributed by atoms with Crippen molar-refractivity contribution in [3.63, 3.8) is 0 Å². The number of fused-ring (bicyclic) bond motifs is 1. The molecule has 1 aliphatic heterocycles. The summed E-state index contributed by atoms with van der Waals surface area (Å²) in [6.45, 7) is 2.06. The molecule has 0 atom stereocenters. The number of rotatable bonds is 3. The Bertz CT molecular complexity index is 1340. The second kappa shape index (κ2) is 8.78. The molecular weight excluding hydrogens is 441 g/mol. The SMILES string of the molecule is O=C(c1cccc2ccccc12)N1CCN(c2nccc(-c3cccc(C(F)(F)F)c3)n2)CC1. The first kappa shape index (κ1) is 21.9. The fourth-order valence-corrected chi connectivity index (χ4v) is 4.21. The average Bonchev–Trinajstić information content (AvgIpc) is 2.88. The zero-order valence-corrected chi connectivity index (χ0v) is 18.2. The molecule has 1 amide bonds. The van der Waals surface area contributed by atoms with E-state index in [0.717, 1.165) is 22.9 Å². The fraction of sp³-hybridized carbons (Fsp3) is 0.192. The van der Waals surface area contributed by atoms with Gasteiger partial charge in [-0.1, -0.05) is 48.5 Å². The lowest BCUT2D eigenvalue weighted by molar-refractivity contribution is -0.137. The van der Waals surface area contributed by atoms with Crippen molar-refractivity contribution in [2.45, 2.75) is 6.18 Å². The Balaban J connectivity index is 1.31. The van der Waals surface area contributed by atoms with Crippen LogP contribution in [0.2, 0.25) is 0 Å². The zero-order valence-electron chi connectivity index (χ0n) is 18.2. The minimum absolute atomic E-state index is 0.0184. The van der Waals surface area contributed by atoms with Crippen LogP contribution in [0.15, 0.2) is 79.0 Å². The van der Waals surface area contributed by atoms with Gasteiger partial charge in [0.05, 0.1) is 11.3 Å². The highest BCUT2D eigenvalue weighted by Crippen LogP contribution is 2.32. The maximum Gasteiger partial charge on any atom is 0.416 e. The second-order valence-electron chi connectivity index (χ2n) is 8.13. The molecule has 0 radical (unpaired) electrons. The van der Waals surface area contributed by atoms with Gasteiger partial charge in [0.15, 0.2) is 0 Å². The van der Waals surface area contributed by atoms with Gasteiger partial charge in [0.2, 0.25) is 5.95 Å². The largest absolute Gasteiger partial charge is 0.416 e. The number of piperazine rings is 1. The summed E-state index contributed by atoms with van der Waals surface area (Å²) in [5.41, 5.74) is 0.758. The molecule has 172 valence electrons. The highest BCUT2D eigenvalue weighted by Gasteiger charge is 2.30. The van der Waals surface area contributed by atoms with E-state index in [0.29, 0.717) is 48.9 Å². The van der Waals surface area contributed by atoms with E-state index in [1.807, 2.05) is 52.3 Å². The minimum atomic E-state index is -4.42. The number of nitrogens with zero attached hydrogens (tertiary/aromatic N) is 4. The molecular formula is C26H21F3N4O. The summed E-state index contributed by atoms with van der Waals surface area (Å²) in [5.74, 6) is 0.419. The molecule has 4 aromatic rings. The molecule has 2 heterocycles. The van der Waals surface area contributed by atoms with Crippen LogP contribution in [0.3, 0.4) is 0 Å².